The normalized spacial score (nSPS) is 10.7. The van der Waals surface area contributed by atoms with Crippen LogP contribution in [0.3, 0.4) is 0 Å². The number of amides is 2. The summed E-state index contributed by atoms with van der Waals surface area (Å²) in [5.74, 6) is -0.0115. The van der Waals surface area contributed by atoms with E-state index in [2.05, 4.69) is 15.6 Å². The Morgan fingerprint density at radius 2 is 1.97 bits per heavy atom. The third-order valence-electron chi connectivity index (χ3n) is 4.68. The molecule has 0 aliphatic carbocycles. The quantitative estimate of drug-likeness (QED) is 0.308. The smallest absolute Gasteiger partial charge is 0.251 e. The molecular weight excluding hydrogens is 472 g/mol. The van der Waals surface area contributed by atoms with Gasteiger partial charge in [0.15, 0.2) is 5.16 Å². The molecule has 33 heavy (non-hydrogen) atoms. The van der Waals surface area contributed by atoms with Gasteiger partial charge in [-0.05, 0) is 54.1 Å². The number of carbonyl (C=O) groups is 2. The molecule has 0 radical (unpaired) electrons. The number of imidazole rings is 1. The Hall–Kier alpha value is -3.01. The highest BCUT2D eigenvalue weighted by Gasteiger charge is 2.12. The van der Waals surface area contributed by atoms with Crippen molar-refractivity contribution >= 4 is 52.4 Å². The molecule has 0 atom stereocenters. The number of thiophene rings is 1. The Morgan fingerprint density at radius 1 is 1.09 bits per heavy atom. The zero-order valence-electron chi connectivity index (χ0n) is 17.9. The van der Waals surface area contributed by atoms with Crippen LogP contribution in [0.25, 0.3) is 5.69 Å². The van der Waals surface area contributed by atoms with Gasteiger partial charge in [0.2, 0.25) is 5.91 Å². The Kier molecular flexibility index (Phi) is 7.87. The largest absolute Gasteiger partial charge is 0.347 e. The zero-order valence-corrected chi connectivity index (χ0v) is 20.3. The molecule has 2 N–H and O–H groups in total. The van der Waals surface area contributed by atoms with Gasteiger partial charge >= 0.3 is 0 Å². The maximum absolute atomic E-state index is 12.6. The van der Waals surface area contributed by atoms with Crippen molar-refractivity contribution in [3.63, 3.8) is 0 Å². The molecule has 2 heterocycles. The molecule has 0 aliphatic heterocycles. The number of nitrogens with one attached hydrogen (secondary N) is 2. The number of anilines is 1. The number of carbonyl (C=O) groups excluding carboxylic acids is 2. The van der Waals surface area contributed by atoms with Crippen molar-refractivity contribution in [2.24, 2.45) is 0 Å². The monoisotopic (exact) mass is 494 g/mol. The average Bonchev–Trinajstić information content (AvgIpc) is 3.53. The van der Waals surface area contributed by atoms with E-state index in [0.29, 0.717) is 17.3 Å². The van der Waals surface area contributed by atoms with Crippen molar-refractivity contribution in [3.05, 3.63) is 88.9 Å². The van der Waals surface area contributed by atoms with E-state index in [9.17, 15) is 9.59 Å². The fourth-order valence-electron chi connectivity index (χ4n) is 3.10. The van der Waals surface area contributed by atoms with Crippen LogP contribution < -0.4 is 10.6 Å². The zero-order chi connectivity index (χ0) is 23.0. The van der Waals surface area contributed by atoms with Crippen LogP contribution in [-0.4, -0.2) is 33.4 Å². The van der Waals surface area contributed by atoms with E-state index in [4.69, 9.17) is 0 Å². The molecule has 0 aliphatic rings. The van der Waals surface area contributed by atoms with Crippen molar-refractivity contribution in [1.29, 1.82) is 0 Å². The van der Waals surface area contributed by atoms with Crippen molar-refractivity contribution in [3.8, 4) is 5.69 Å². The van der Waals surface area contributed by atoms with Gasteiger partial charge in [-0.2, -0.15) is 0 Å². The molecule has 0 spiro atoms. The summed E-state index contributed by atoms with van der Waals surface area (Å²) >= 11 is 4.58. The van der Waals surface area contributed by atoms with E-state index in [-0.39, 0.29) is 17.6 Å². The molecule has 0 unspecified atom stereocenters. The van der Waals surface area contributed by atoms with E-state index >= 15 is 0 Å². The SMILES string of the molecule is CSc1cccc(NC(=O)CSc2nccn2-c2cccc(C(=O)NCc3cccs3)c2)c1. The molecule has 168 valence electrons. The Balaban J connectivity index is 1.39. The lowest BCUT2D eigenvalue weighted by Crippen LogP contribution is -2.22. The van der Waals surface area contributed by atoms with E-state index in [1.165, 1.54) is 11.8 Å². The summed E-state index contributed by atoms with van der Waals surface area (Å²) in [5.41, 5.74) is 2.16. The van der Waals surface area contributed by atoms with E-state index < -0.39 is 0 Å². The van der Waals surface area contributed by atoms with Gasteiger partial charge in [0.1, 0.15) is 0 Å². The van der Waals surface area contributed by atoms with Gasteiger partial charge in [-0.1, -0.05) is 30.0 Å². The third-order valence-corrected chi connectivity index (χ3v) is 7.25. The second-order valence-electron chi connectivity index (χ2n) is 6.96. The fraction of sp³-hybridized carbons (Fsp3) is 0.125. The van der Waals surface area contributed by atoms with E-state index in [1.807, 2.05) is 77.0 Å². The predicted octanol–water partition coefficient (Wildman–Crippen LogP) is 5.32. The molecule has 0 saturated carbocycles. The molecule has 9 heteroatoms. The van der Waals surface area contributed by atoms with Gasteiger partial charge in [0.05, 0.1) is 12.3 Å². The minimum absolute atomic E-state index is 0.102. The van der Waals surface area contributed by atoms with Gasteiger partial charge in [-0.3, -0.25) is 14.2 Å². The summed E-state index contributed by atoms with van der Waals surface area (Å²) in [5, 5.41) is 8.54. The van der Waals surface area contributed by atoms with Crippen molar-refractivity contribution < 1.29 is 9.59 Å². The van der Waals surface area contributed by atoms with Gasteiger partial charge in [-0.15, -0.1) is 23.1 Å². The number of hydrogen-bond donors (Lipinski definition) is 2. The first kappa shape index (κ1) is 23.2. The molecular formula is C24H22N4O2S3. The lowest BCUT2D eigenvalue weighted by molar-refractivity contribution is -0.113. The average molecular weight is 495 g/mol. The number of nitrogens with zero attached hydrogens (tertiary/aromatic N) is 2. The van der Waals surface area contributed by atoms with Gasteiger partial charge < -0.3 is 10.6 Å². The van der Waals surface area contributed by atoms with Gasteiger partial charge in [0, 0.05) is 39.1 Å². The summed E-state index contributed by atoms with van der Waals surface area (Å²) in [4.78, 5) is 31.6. The maximum atomic E-state index is 12.6. The summed E-state index contributed by atoms with van der Waals surface area (Å²) in [6, 6.07) is 19.1. The van der Waals surface area contributed by atoms with Crippen LogP contribution in [-0.2, 0) is 11.3 Å². The first-order valence-electron chi connectivity index (χ1n) is 10.1. The van der Waals surface area contributed by atoms with Gasteiger partial charge in [0.25, 0.3) is 5.91 Å². The first-order chi connectivity index (χ1) is 16.1. The maximum Gasteiger partial charge on any atom is 0.251 e. The highest BCUT2D eigenvalue weighted by atomic mass is 32.2. The lowest BCUT2D eigenvalue weighted by Gasteiger charge is -2.10. The van der Waals surface area contributed by atoms with E-state index in [1.54, 1.807) is 35.4 Å². The molecule has 2 aromatic heterocycles. The highest BCUT2D eigenvalue weighted by Crippen LogP contribution is 2.23. The molecule has 4 aromatic rings. The molecule has 6 nitrogen and oxygen atoms in total. The minimum Gasteiger partial charge on any atom is -0.347 e. The van der Waals surface area contributed by atoms with E-state index in [0.717, 1.165) is 21.1 Å². The summed E-state index contributed by atoms with van der Waals surface area (Å²) in [7, 11) is 0. The molecule has 4 rings (SSSR count). The van der Waals surface area contributed by atoms with Crippen molar-refractivity contribution in [2.75, 3.05) is 17.3 Å². The van der Waals surface area contributed by atoms with Crippen molar-refractivity contribution in [1.82, 2.24) is 14.9 Å². The fourth-order valence-corrected chi connectivity index (χ4v) is 4.98. The standard InChI is InChI=1S/C24H22N4O2S3/c1-31-20-8-3-6-18(14-20)27-22(29)16-33-24-25-10-11-28(24)19-7-2-5-17(13-19)23(30)26-15-21-9-4-12-32-21/h2-14H,15-16H2,1H3,(H,26,30)(H,27,29). The number of rotatable bonds is 9. The second-order valence-corrected chi connectivity index (χ2v) is 9.82. The van der Waals surface area contributed by atoms with Crippen LogP contribution in [0.5, 0.6) is 0 Å². The second kappa shape index (κ2) is 11.2. The Bertz CT molecular complexity index is 1240. The summed E-state index contributed by atoms with van der Waals surface area (Å²) < 4.78 is 1.88. The number of thioether (sulfide) groups is 2. The van der Waals surface area contributed by atoms with Crippen LogP contribution in [0, 0.1) is 0 Å². The molecule has 0 bridgehead atoms. The Morgan fingerprint density at radius 3 is 2.79 bits per heavy atom. The molecule has 2 amide bonds. The number of aromatic nitrogens is 2. The molecule has 0 saturated heterocycles. The highest BCUT2D eigenvalue weighted by molar-refractivity contribution is 7.99. The lowest BCUT2D eigenvalue weighted by atomic mass is 10.2. The van der Waals surface area contributed by atoms with Crippen LogP contribution in [0.15, 0.2) is 88.5 Å². The van der Waals surface area contributed by atoms with Crippen LogP contribution in [0.4, 0.5) is 5.69 Å². The third kappa shape index (κ3) is 6.28. The summed E-state index contributed by atoms with van der Waals surface area (Å²) in [6.45, 7) is 0.502. The Labute approximate surface area is 204 Å². The predicted molar refractivity (Wildman–Crippen MR) is 137 cm³/mol. The first-order valence-corrected chi connectivity index (χ1v) is 13.2. The molecule has 2 aromatic carbocycles. The number of benzene rings is 2. The topological polar surface area (TPSA) is 76.0 Å². The van der Waals surface area contributed by atoms with Crippen LogP contribution >= 0.6 is 34.9 Å². The van der Waals surface area contributed by atoms with Crippen LogP contribution in [0.1, 0.15) is 15.2 Å². The number of hydrogen-bond acceptors (Lipinski definition) is 6. The summed E-state index contributed by atoms with van der Waals surface area (Å²) in [6.07, 6.45) is 5.51. The van der Waals surface area contributed by atoms with Gasteiger partial charge in [-0.25, -0.2) is 4.98 Å². The minimum atomic E-state index is -0.133. The van der Waals surface area contributed by atoms with Crippen molar-refractivity contribution in [2.45, 2.75) is 16.6 Å². The van der Waals surface area contributed by atoms with Crippen LogP contribution in [0.2, 0.25) is 0 Å². The molecule has 0 fully saturated rings.